The number of rotatable bonds is 5. The molecule has 0 radical (unpaired) electrons. The van der Waals surface area contributed by atoms with Gasteiger partial charge in [0.05, 0.1) is 29.2 Å². The van der Waals surface area contributed by atoms with E-state index in [2.05, 4.69) is 10.4 Å². The summed E-state index contributed by atoms with van der Waals surface area (Å²) < 4.78 is 1.65. The molecule has 2 aromatic carbocycles. The Morgan fingerprint density at radius 3 is 2.54 bits per heavy atom. The highest BCUT2D eigenvalue weighted by Crippen LogP contribution is 2.28. The molecule has 1 aliphatic rings. The van der Waals surface area contributed by atoms with Gasteiger partial charge in [-0.25, -0.2) is 4.68 Å². The monoisotopic (exact) mass is 393 g/mol. The SMILES string of the molecule is CSc1ccccc1C(=O)NCc1nn(C2CCCC2)c(=O)c2ccccc12. The van der Waals surface area contributed by atoms with E-state index in [0.717, 1.165) is 41.7 Å². The highest BCUT2D eigenvalue weighted by Gasteiger charge is 2.21. The van der Waals surface area contributed by atoms with Crippen molar-refractivity contribution in [2.24, 2.45) is 0 Å². The average molecular weight is 394 g/mol. The third kappa shape index (κ3) is 3.56. The second-order valence-electron chi connectivity index (χ2n) is 7.06. The zero-order valence-electron chi connectivity index (χ0n) is 15.9. The van der Waals surface area contributed by atoms with Crippen molar-refractivity contribution in [1.29, 1.82) is 0 Å². The van der Waals surface area contributed by atoms with Crippen LogP contribution in [0.2, 0.25) is 0 Å². The van der Waals surface area contributed by atoms with E-state index in [0.29, 0.717) is 10.9 Å². The molecule has 144 valence electrons. The van der Waals surface area contributed by atoms with Crippen molar-refractivity contribution >= 4 is 28.4 Å². The van der Waals surface area contributed by atoms with Gasteiger partial charge in [-0.15, -0.1) is 11.8 Å². The molecule has 1 aliphatic carbocycles. The molecule has 5 nitrogen and oxygen atoms in total. The van der Waals surface area contributed by atoms with Crippen LogP contribution in [-0.4, -0.2) is 21.9 Å². The Balaban J connectivity index is 1.67. The smallest absolute Gasteiger partial charge is 0.274 e. The van der Waals surface area contributed by atoms with Crippen LogP contribution in [0.4, 0.5) is 0 Å². The molecule has 6 heteroatoms. The standard InChI is InChI=1S/C22H23N3O2S/c1-28-20-13-7-6-12-18(20)21(26)23-14-19-16-10-4-5-11-17(16)22(27)25(24-19)15-8-2-3-9-15/h4-7,10-13,15H,2-3,8-9,14H2,1H3,(H,23,26). The molecule has 0 atom stereocenters. The van der Waals surface area contributed by atoms with Gasteiger partial charge in [0, 0.05) is 10.3 Å². The molecule has 4 rings (SSSR count). The summed E-state index contributed by atoms with van der Waals surface area (Å²) in [5, 5.41) is 9.13. The molecular formula is C22H23N3O2S. The van der Waals surface area contributed by atoms with E-state index in [-0.39, 0.29) is 24.1 Å². The van der Waals surface area contributed by atoms with Crippen LogP contribution in [-0.2, 0) is 6.54 Å². The summed E-state index contributed by atoms with van der Waals surface area (Å²) in [4.78, 5) is 26.6. The lowest BCUT2D eigenvalue weighted by Gasteiger charge is -2.16. The summed E-state index contributed by atoms with van der Waals surface area (Å²) in [7, 11) is 0. The maximum Gasteiger partial charge on any atom is 0.274 e. The molecule has 1 saturated carbocycles. The Bertz CT molecular complexity index is 1070. The Kier molecular flexibility index (Phi) is 5.48. The minimum Gasteiger partial charge on any atom is -0.346 e. The van der Waals surface area contributed by atoms with Gasteiger partial charge in [-0.1, -0.05) is 43.2 Å². The maximum atomic E-state index is 12.9. The number of carbonyl (C=O) groups excluding carboxylic acids is 1. The molecule has 0 spiro atoms. The van der Waals surface area contributed by atoms with Gasteiger partial charge in [0.15, 0.2) is 0 Å². The van der Waals surface area contributed by atoms with Crippen LogP contribution in [0.5, 0.6) is 0 Å². The second kappa shape index (κ2) is 8.19. The van der Waals surface area contributed by atoms with Gasteiger partial charge in [0.1, 0.15) is 0 Å². The van der Waals surface area contributed by atoms with Crippen LogP contribution in [0.25, 0.3) is 10.8 Å². The largest absolute Gasteiger partial charge is 0.346 e. The summed E-state index contributed by atoms with van der Waals surface area (Å²) >= 11 is 1.55. The first-order valence-electron chi connectivity index (χ1n) is 9.60. The Morgan fingerprint density at radius 1 is 1.11 bits per heavy atom. The Morgan fingerprint density at radius 2 is 1.79 bits per heavy atom. The molecule has 0 saturated heterocycles. The topological polar surface area (TPSA) is 64.0 Å². The van der Waals surface area contributed by atoms with Crippen LogP contribution in [0.1, 0.15) is 47.8 Å². The zero-order valence-corrected chi connectivity index (χ0v) is 16.7. The lowest BCUT2D eigenvalue weighted by Crippen LogP contribution is -2.30. The number of fused-ring (bicyclic) bond motifs is 1. The first-order chi connectivity index (χ1) is 13.7. The summed E-state index contributed by atoms with van der Waals surface area (Å²) in [5.74, 6) is -0.130. The van der Waals surface area contributed by atoms with Crippen molar-refractivity contribution in [2.45, 2.75) is 43.2 Å². The van der Waals surface area contributed by atoms with Gasteiger partial charge in [0.25, 0.3) is 11.5 Å². The molecule has 1 fully saturated rings. The molecule has 1 heterocycles. The number of thioether (sulfide) groups is 1. The summed E-state index contributed by atoms with van der Waals surface area (Å²) in [6.07, 6.45) is 6.18. The molecule has 3 aromatic rings. The number of nitrogens with one attached hydrogen (secondary N) is 1. The zero-order chi connectivity index (χ0) is 19.5. The van der Waals surface area contributed by atoms with Crippen molar-refractivity contribution in [1.82, 2.24) is 15.1 Å². The molecular weight excluding hydrogens is 370 g/mol. The van der Waals surface area contributed by atoms with E-state index in [9.17, 15) is 9.59 Å². The minimum atomic E-state index is -0.130. The first kappa shape index (κ1) is 18.7. The number of aromatic nitrogens is 2. The van der Waals surface area contributed by atoms with Gasteiger partial charge >= 0.3 is 0 Å². The molecule has 0 bridgehead atoms. The van der Waals surface area contributed by atoms with E-state index in [1.165, 1.54) is 0 Å². The predicted octanol–water partition coefficient (Wildman–Crippen LogP) is 4.16. The van der Waals surface area contributed by atoms with E-state index < -0.39 is 0 Å². The van der Waals surface area contributed by atoms with E-state index in [1.54, 1.807) is 16.4 Å². The van der Waals surface area contributed by atoms with Crippen molar-refractivity contribution < 1.29 is 4.79 Å². The fraction of sp³-hybridized carbons (Fsp3) is 0.318. The Labute approximate surface area is 168 Å². The van der Waals surface area contributed by atoms with Crippen LogP contribution >= 0.6 is 11.8 Å². The van der Waals surface area contributed by atoms with E-state index in [1.807, 2.05) is 54.8 Å². The second-order valence-corrected chi connectivity index (χ2v) is 7.91. The number of nitrogens with zero attached hydrogens (tertiary/aromatic N) is 2. The number of hydrogen-bond acceptors (Lipinski definition) is 4. The van der Waals surface area contributed by atoms with Crippen molar-refractivity contribution in [3.8, 4) is 0 Å². The minimum absolute atomic E-state index is 0.0368. The molecule has 1 amide bonds. The summed E-state index contributed by atoms with van der Waals surface area (Å²) in [6.45, 7) is 0.287. The summed E-state index contributed by atoms with van der Waals surface area (Å²) in [5.41, 5.74) is 1.35. The van der Waals surface area contributed by atoms with Crippen molar-refractivity contribution in [2.75, 3.05) is 6.26 Å². The molecule has 1 N–H and O–H groups in total. The van der Waals surface area contributed by atoms with Gasteiger partial charge in [-0.3, -0.25) is 9.59 Å². The van der Waals surface area contributed by atoms with Gasteiger partial charge in [-0.05, 0) is 37.3 Å². The highest BCUT2D eigenvalue weighted by atomic mass is 32.2. The normalized spacial score (nSPS) is 14.5. The van der Waals surface area contributed by atoms with Gasteiger partial charge in [0.2, 0.25) is 0 Å². The number of carbonyl (C=O) groups is 1. The molecule has 1 aromatic heterocycles. The van der Waals surface area contributed by atoms with Crippen LogP contribution < -0.4 is 10.9 Å². The summed E-state index contributed by atoms with van der Waals surface area (Å²) in [6, 6.07) is 15.2. The average Bonchev–Trinajstić information content (AvgIpc) is 3.28. The number of benzene rings is 2. The quantitative estimate of drug-likeness (QED) is 0.661. The van der Waals surface area contributed by atoms with Crippen molar-refractivity contribution in [3.05, 3.63) is 70.1 Å². The predicted molar refractivity (Wildman–Crippen MR) is 113 cm³/mol. The molecule has 0 unspecified atom stereocenters. The fourth-order valence-corrected chi connectivity index (χ4v) is 4.49. The third-order valence-corrected chi connectivity index (χ3v) is 6.14. The van der Waals surface area contributed by atoms with E-state index in [4.69, 9.17) is 0 Å². The van der Waals surface area contributed by atoms with Gasteiger partial charge in [-0.2, -0.15) is 5.10 Å². The maximum absolute atomic E-state index is 12.9. The molecule has 0 aliphatic heterocycles. The highest BCUT2D eigenvalue weighted by molar-refractivity contribution is 7.98. The van der Waals surface area contributed by atoms with Crippen LogP contribution in [0.15, 0.2) is 58.2 Å². The lowest BCUT2D eigenvalue weighted by molar-refractivity contribution is 0.0947. The number of hydrogen-bond donors (Lipinski definition) is 1. The lowest BCUT2D eigenvalue weighted by atomic mass is 10.1. The van der Waals surface area contributed by atoms with Crippen molar-refractivity contribution in [3.63, 3.8) is 0 Å². The molecule has 28 heavy (non-hydrogen) atoms. The van der Waals surface area contributed by atoms with Crippen LogP contribution in [0.3, 0.4) is 0 Å². The third-order valence-electron chi connectivity index (χ3n) is 5.34. The number of amides is 1. The van der Waals surface area contributed by atoms with Crippen LogP contribution in [0, 0.1) is 0 Å². The first-order valence-corrected chi connectivity index (χ1v) is 10.8. The fourth-order valence-electron chi connectivity index (χ4n) is 3.89. The Hall–Kier alpha value is -2.60. The van der Waals surface area contributed by atoms with E-state index >= 15 is 0 Å². The van der Waals surface area contributed by atoms with Gasteiger partial charge < -0.3 is 5.32 Å².